The number of nitrogens with zero attached hydrogens (tertiary/aromatic N) is 5. The van der Waals surface area contributed by atoms with Gasteiger partial charge in [-0.15, -0.1) is 5.10 Å². The second kappa shape index (κ2) is 16.8. The number of carbonyl (C=O) groups is 3. The Kier molecular flexibility index (Phi) is 12.0. The minimum absolute atomic E-state index is 0.168. The van der Waals surface area contributed by atoms with E-state index in [4.69, 9.17) is 15.7 Å². The molecule has 0 fully saturated rings. The largest absolute Gasteiger partial charge is 0.481 e. The van der Waals surface area contributed by atoms with E-state index in [-0.39, 0.29) is 25.4 Å². The fourth-order valence-corrected chi connectivity index (χ4v) is 4.56. The van der Waals surface area contributed by atoms with Crippen LogP contribution in [0.2, 0.25) is 0 Å². The van der Waals surface area contributed by atoms with Crippen LogP contribution in [-0.4, -0.2) is 52.9 Å². The van der Waals surface area contributed by atoms with Gasteiger partial charge in [-0.05, 0) is 53.8 Å². The number of hydrazine groups is 1. The zero-order chi connectivity index (χ0) is 32.7. The van der Waals surface area contributed by atoms with Crippen molar-refractivity contribution >= 4 is 42.4 Å². The van der Waals surface area contributed by atoms with Crippen LogP contribution in [-0.2, 0) is 27.2 Å². The summed E-state index contributed by atoms with van der Waals surface area (Å²) in [5.74, 6) is 4.87. The van der Waals surface area contributed by atoms with E-state index in [0.717, 1.165) is 22.3 Å². The number of aliphatic carboxylic acids is 1. The number of nitrogens with two attached hydrogens (primary N) is 1. The number of carboxylic acid groups (broad SMARTS) is 1. The van der Waals surface area contributed by atoms with Gasteiger partial charge in [0.05, 0.1) is 30.0 Å². The minimum Gasteiger partial charge on any atom is -0.481 e. The third-order valence-electron chi connectivity index (χ3n) is 6.81. The molecule has 1 aromatic heterocycles. The molecule has 2 amide bonds. The zero-order valence-electron chi connectivity index (χ0n) is 25.0. The molecule has 4 rings (SSSR count). The number of hydrogen-bond donors (Lipinski definition) is 4. The number of para-hydroxylation sites is 1. The monoisotopic (exact) mass is 622 g/mol. The molecule has 13 nitrogen and oxygen atoms in total. The lowest BCUT2D eigenvalue weighted by Crippen LogP contribution is -2.32. The predicted molar refractivity (Wildman–Crippen MR) is 175 cm³/mol. The first kappa shape index (κ1) is 33.0. The van der Waals surface area contributed by atoms with E-state index >= 15 is 0 Å². The number of carbonyl (C=O) groups excluding carboxylic acids is 2. The maximum Gasteiger partial charge on any atom is 0.411 e. The van der Waals surface area contributed by atoms with Crippen molar-refractivity contribution in [3.8, 4) is 11.1 Å². The molecule has 0 aliphatic carbocycles. The molecule has 0 aliphatic rings. The van der Waals surface area contributed by atoms with Gasteiger partial charge < -0.3 is 15.2 Å². The summed E-state index contributed by atoms with van der Waals surface area (Å²) in [6, 6.07) is 25.6. The Balaban J connectivity index is 1.47. The van der Waals surface area contributed by atoms with Gasteiger partial charge in [0.1, 0.15) is 12.9 Å². The maximum atomic E-state index is 13.3. The Morgan fingerprint density at radius 2 is 1.74 bits per heavy atom. The molecular weight excluding hydrogens is 588 g/mol. The van der Waals surface area contributed by atoms with Crippen LogP contribution in [0.3, 0.4) is 0 Å². The van der Waals surface area contributed by atoms with E-state index < -0.39 is 18.1 Å². The molecular formula is C33H34N8O5. The van der Waals surface area contributed by atoms with Crippen molar-refractivity contribution in [1.82, 2.24) is 15.5 Å². The highest BCUT2D eigenvalue weighted by molar-refractivity contribution is 5.85. The molecule has 0 unspecified atom stereocenters. The second-order valence-electron chi connectivity index (χ2n) is 10.1. The van der Waals surface area contributed by atoms with E-state index in [1.165, 1.54) is 11.3 Å². The first-order chi connectivity index (χ1) is 22.3. The summed E-state index contributed by atoms with van der Waals surface area (Å²) in [5, 5.41) is 31.5. The number of nitrogens with one attached hydrogen (secondary N) is 2. The third-order valence-corrected chi connectivity index (χ3v) is 6.81. The normalized spacial score (nSPS) is 11.4. The van der Waals surface area contributed by atoms with Crippen LogP contribution in [0, 0.1) is 0 Å². The highest BCUT2D eigenvalue weighted by atomic mass is 16.5. The zero-order valence-corrected chi connectivity index (χ0v) is 25.0. The van der Waals surface area contributed by atoms with Crippen LogP contribution >= 0.6 is 0 Å². The Bertz CT molecular complexity index is 1660. The fraction of sp³-hybridized carbons (Fsp3) is 0.182. The summed E-state index contributed by atoms with van der Waals surface area (Å²) in [4.78, 5) is 35.8. The number of aryl methyl sites for hydroxylation is 1. The van der Waals surface area contributed by atoms with Crippen molar-refractivity contribution < 1.29 is 24.2 Å². The Hall–Kier alpha value is -5.95. The van der Waals surface area contributed by atoms with E-state index in [1.807, 2.05) is 60.7 Å². The molecule has 4 aromatic rings. The third kappa shape index (κ3) is 10.1. The first-order valence-electron chi connectivity index (χ1n) is 14.4. The average Bonchev–Trinajstić information content (AvgIpc) is 3.07. The van der Waals surface area contributed by atoms with Gasteiger partial charge in [-0.3, -0.25) is 19.9 Å². The molecule has 0 aliphatic heterocycles. The van der Waals surface area contributed by atoms with Crippen LogP contribution in [0.4, 0.5) is 16.2 Å². The number of carboxylic acids is 1. The molecule has 13 heteroatoms. The lowest BCUT2D eigenvalue weighted by molar-refractivity contribution is -0.137. The molecule has 1 atom stereocenters. The Morgan fingerprint density at radius 3 is 2.48 bits per heavy atom. The number of hydrogen-bond acceptors (Lipinski definition) is 9. The van der Waals surface area contributed by atoms with Crippen molar-refractivity contribution in [1.29, 1.82) is 0 Å². The van der Waals surface area contributed by atoms with Crippen molar-refractivity contribution in [3.63, 3.8) is 0 Å². The summed E-state index contributed by atoms with van der Waals surface area (Å²) in [6.45, 7) is 3.09. The highest BCUT2D eigenvalue weighted by Crippen LogP contribution is 2.25. The van der Waals surface area contributed by atoms with E-state index in [2.05, 4.69) is 37.8 Å². The van der Waals surface area contributed by atoms with E-state index in [1.54, 1.807) is 30.5 Å². The van der Waals surface area contributed by atoms with Crippen molar-refractivity contribution in [2.24, 2.45) is 16.0 Å². The summed E-state index contributed by atoms with van der Waals surface area (Å²) in [5.41, 5.74) is 5.21. The molecule has 46 heavy (non-hydrogen) atoms. The van der Waals surface area contributed by atoms with Gasteiger partial charge in [0.2, 0.25) is 5.91 Å². The molecule has 1 heterocycles. The summed E-state index contributed by atoms with van der Waals surface area (Å²) in [6.07, 6.45) is 3.07. The van der Waals surface area contributed by atoms with E-state index in [9.17, 15) is 14.4 Å². The van der Waals surface area contributed by atoms with Crippen LogP contribution in [0.25, 0.3) is 11.1 Å². The van der Waals surface area contributed by atoms with Crippen LogP contribution < -0.4 is 21.5 Å². The lowest BCUT2D eigenvalue weighted by atomic mass is 9.99. The van der Waals surface area contributed by atoms with Gasteiger partial charge in [0.25, 0.3) is 0 Å². The van der Waals surface area contributed by atoms with Gasteiger partial charge in [-0.25, -0.2) is 10.6 Å². The van der Waals surface area contributed by atoms with Crippen molar-refractivity contribution in [2.45, 2.75) is 31.7 Å². The SMILES string of the molecule is C=N/N=C\N(N)c1ccccc1CCC(=O)N[C@@H](Cc1ccccc1)c1cc(-c2ccc(NC(=O)OCCC(=O)O)cc2)cnn1. The summed E-state index contributed by atoms with van der Waals surface area (Å²) >= 11 is 0. The second-order valence-corrected chi connectivity index (χ2v) is 10.1. The molecule has 0 saturated heterocycles. The maximum absolute atomic E-state index is 13.3. The molecule has 3 aromatic carbocycles. The fourth-order valence-electron chi connectivity index (χ4n) is 4.56. The topological polar surface area (TPSA) is 184 Å². The quantitative estimate of drug-likeness (QED) is 0.0640. The number of rotatable bonds is 15. The molecule has 0 radical (unpaired) electrons. The molecule has 5 N–H and O–H groups in total. The standard InChI is InChI=1S/C33H34N8O5/c1-35-37-22-41(34)30-10-6-5-9-25(30)13-16-31(42)39-28(19-23-7-3-2-4-8-23)29-20-26(21-36-40-29)24-11-14-27(15-12-24)38-33(45)46-18-17-32(43)44/h2-12,14-15,20-22,28H,1,13,16-19,34H2,(H,38,45)(H,39,42)(H,43,44)/b37-22-/t28-/m0/s1. The molecule has 0 saturated carbocycles. The van der Waals surface area contributed by atoms with Gasteiger partial charge >= 0.3 is 12.1 Å². The summed E-state index contributed by atoms with van der Waals surface area (Å²) < 4.78 is 4.86. The Labute approximate surface area is 265 Å². The van der Waals surface area contributed by atoms with Crippen molar-refractivity contribution in [2.75, 3.05) is 16.9 Å². The smallest absolute Gasteiger partial charge is 0.411 e. The molecule has 0 spiro atoms. The lowest BCUT2D eigenvalue weighted by Gasteiger charge is -2.20. The van der Waals surface area contributed by atoms with Gasteiger partial charge in [-0.2, -0.15) is 15.3 Å². The Morgan fingerprint density at radius 1 is 1.00 bits per heavy atom. The molecule has 236 valence electrons. The van der Waals surface area contributed by atoms with Gasteiger partial charge in [0.15, 0.2) is 0 Å². The number of anilines is 2. The number of amides is 2. The molecule has 0 bridgehead atoms. The summed E-state index contributed by atoms with van der Waals surface area (Å²) in [7, 11) is 0. The first-order valence-corrected chi connectivity index (χ1v) is 14.4. The van der Waals surface area contributed by atoms with Crippen molar-refractivity contribution in [3.05, 3.63) is 108 Å². The van der Waals surface area contributed by atoms with E-state index in [0.29, 0.717) is 29.9 Å². The highest BCUT2D eigenvalue weighted by Gasteiger charge is 2.19. The minimum atomic E-state index is -1.05. The van der Waals surface area contributed by atoms with Crippen LogP contribution in [0.15, 0.2) is 101 Å². The predicted octanol–water partition coefficient (Wildman–Crippen LogP) is 4.52. The van der Waals surface area contributed by atoms with Crippen LogP contribution in [0.5, 0.6) is 0 Å². The number of benzene rings is 3. The average molecular weight is 623 g/mol. The van der Waals surface area contributed by atoms with Gasteiger partial charge in [-0.1, -0.05) is 60.7 Å². The van der Waals surface area contributed by atoms with Gasteiger partial charge in [0, 0.05) is 24.4 Å². The number of aromatic nitrogens is 2. The number of ether oxygens (including phenoxy) is 1. The van der Waals surface area contributed by atoms with Crippen LogP contribution in [0.1, 0.15) is 35.7 Å².